The van der Waals surface area contributed by atoms with Crippen LogP contribution in [0.25, 0.3) is 0 Å². The van der Waals surface area contributed by atoms with Crippen molar-refractivity contribution in [1.82, 2.24) is 0 Å². The van der Waals surface area contributed by atoms with Crippen molar-refractivity contribution in [2.75, 3.05) is 6.61 Å². The molecule has 6 nitrogen and oxygen atoms in total. The molecule has 2 aromatic carbocycles. The number of rotatable bonds is 9. The number of benzene rings is 2. The van der Waals surface area contributed by atoms with Crippen LogP contribution >= 0.6 is 0 Å². The summed E-state index contributed by atoms with van der Waals surface area (Å²) >= 11 is 0. The van der Waals surface area contributed by atoms with Crippen LogP contribution in [0.2, 0.25) is 0 Å². The Labute approximate surface area is 183 Å². The first-order valence-corrected chi connectivity index (χ1v) is 12.1. The molecule has 0 spiro atoms. The van der Waals surface area contributed by atoms with Crippen molar-refractivity contribution in [2.24, 2.45) is 11.8 Å². The molecule has 0 aliphatic carbocycles. The highest BCUT2D eigenvalue weighted by atomic mass is 32.2. The molecule has 2 aliphatic rings. The molecule has 166 valence electrons. The molecule has 1 N–H and O–H groups in total. The Morgan fingerprint density at radius 3 is 2.35 bits per heavy atom. The summed E-state index contributed by atoms with van der Waals surface area (Å²) in [5.41, 5.74) is 3.12. The van der Waals surface area contributed by atoms with Gasteiger partial charge in [-0.15, -0.1) is 0 Å². The number of carboxylic acids is 1. The van der Waals surface area contributed by atoms with Crippen molar-refractivity contribution in [3.63, 3.8) is 0 Å². The predicted octanol–water partition coefficient (Wildman–Crippen LogP) is 3.75. The van der Waals surface area contributed by atoms with Crippen LogP contribution in [-0.2, 0) is 36.7 Å². The van der Waals surface area contributed by atoms with Gasteiger partial charge in [-0.05, 0) is 61.8 Å². The van der Waals surface area contributed by atoms with Gasteiger partial charge in [-0.2, -0.15) is 8.42 Å². The number of carbonyl (C=O) groups is 1. The lowest BCUT2D eigenvalue weighted by molar-refractivity contribution is -0.136. The zero-order valence-corrected chi connectivity index (χ0v) is 18.4. The summed E-state index contributed by atoms with van der Waals surface area (Å²) in [6, 6.07) is 14.5. The first kappa shape index (κ1) is 22.0. The first-order chi connectivity index (χ1) is 14.8. The van der Waals surface area contributed by atoms with Gasteiger partial charge < -0.3 is 9.84 Å². The SMILES string of the molecule is Cc1ccc(S(=O)(=O)OC[C@H]2[C@@H](Cc3ccccc3CCC(=O)O)[C@@H]3CC[C@H]2O3)cc1. The van der Waals surface area contributed by atoms with E-state index >= 15 is 0 Å². The normalized spacial score (nSPS) is 25.1. The standard InChI is InChI=1S/C24H28O6S/c1-16-6-9-19(10-7-16)31(27,28)29-15-21-20(22-11-12-23(21)30-22)14-18-5-3-2-4-17(18)8-13-24(25)26/h2-7,9-10,20-23H,8,11-15H2,1H3,(H,25,26)/t20-,21+,22+,23-/m1/s1. The third-order valence-electron chi connectivity index (χ3n) is 6.50. The molecule has 0 saturated carbocycles. The van der Waals surface area contributed by atoms with Crippen molar-refractivity contribution < 1.29 is 27.2 Å². The summed E-state index contributed by atoms with van der Waals surface area (Å²) in [5, 5.41) is 9.04. The summed E-state index contributed by atoms with van der Waals surface area (Å²) < 4.78 is 36.9. The number of carboxylic acid groups (broad SMARTS) is 1. The zero-order chi connectivity index (χ0) is 22.0. The maximum Gasteiger partial charge on any atom is 0.303 e. The van der Waals surface area contributed by atoms with Gasteiger partial charge in [0, 0.05) is 12.3 Å². The molecule has 31 heavy (non-hydrogen) atoms. The predicted molar refractivity (Wildman–Crippen MR) is 115 cm³/mol. The smallest absolute Gasteiger partial charge is 0.303 e. The third-order valence-corrected chi connectivity index (χ3v) is 7.79. The Kier molecular flexibility index (Phi) is 6.46. The second-order valence-electron chi connectivity index (χ2n) is 8.54. The van der Waals surface area contributed by atoms with Crippen LogP contribution in [-0.4, -0.2) is 38.3 Å². The molecule has 0 aromatic heterocycles. The second-order valence-corrected chi connectivity index (χ2v) is 10.2. The molecule has 2 heterocycles. The minimum atomic E-state index is -3.82. The minimum Gasteiger partial charge on any atom is -0.481 e. The van der Waals surface area contributed by atoms with Crippen LogP contribution in [0.3, 0.4) is 0 Å². The Morgan fingerprint density at radius 2 is 1.68 bits per heavy atom. The molecule has 7 heteroatoms. The number of aliphatic carboxylic acids is 1. The van der Waals surface area contributed by atoms with Crippen LogP contribution < -0.4 is 0 Å². The molecule has 2 aliphatic heterocycles. The fraction of sp³-hybridized carbons (Fsp3) is 0.458. The molecule has 0 amide bonds. The average Bonchev–Trinajstić information content (AvgIpc) is 3.34. The molecule has 2 aromatic rings. The summed E-state index contributed by atoms with van der Waals surface area (Å²) in [5.74, 6) is -0.671. The average molecular weight is 445 g/mol. The monoisotopic (exact) mass is 444 g/mol. The quantitative estimate of drug-likeness (QED) is 0.593. The highest BCUT2D eigenvalue weighted by Gasteiger charge is 2.49. The largest absolute Gasteiger partial charge is 0.481 e. The van der Waals surface area contributed by atoms with Gasteiger partial charge in [0.1, 0.15) is 0 Å². The van der Waals surface area contributed by atoms with Gasteiger partial charge in [0.25, 0.3) is 10.1 Å². The van der Waals surface area contributed by atoms with E-state index in [1.807, 2.05) is 31.2 Å². The van der Waals surface area contributed by atoms with Crippen molar-refractivity contribution in [3.05, 3.63) is 65.2 Å². The van der Waals surface area contributed by atoms with Crippen molar-refractivity contribution >= 4 is 16.1 Å². The molecular weight excluding hydrogens is 416 g/mol. The van der Waals surface area contributed by atoms with E-state index in [0.29, 0.717) is 6.42 Å². The van der Waals surface area contributed by atoms with Gasteiger partial charge in [-0.1, -0.05) is 42.0 Å². The lowest BCUT2D eigenvalue weighted by atomic mass is 9.76. The van der Waals surface area contributed by atoms with Crippen LogP contribution in [0.15, 0.2) is 53.4 Å². The van der Waals surface area contributed by atoms with Crippen LogP contribution in [0.1, 0.15) is 36.0 Å². The lowest BCUT2D eigenvalue weighted by Gasteiger charge is -2.28. The van der Waals surface area contributed by atoms with E-state index in [1.165, 1.54) is 0 Å². The highest BCUT2D eigenvalue weighted by molar-refractivity contribution is 7.86. The van der Waals surface area contributed by atoms with Gasteiger partial charge in [0.15, 0.2) is 0 Å². The number of hydrogen-bond acceptors (Lipinski definition) is 5. The van der Waals surface area contributed by atoms with E-state index in [1.54, 1.807) is 24.3 Å². The van der Waals surface area contributed by atoms with Gasteiger partial charge in [0.2, 0.25) is 0 Å². The van der Waals surface area contributed by atoms with Crippen LogP contribution in [0.5, 0.6) is 0 Å². The molecule has 2 saturated heterocycles. The van der Waals surface area contributed by atoms with Crippen molar-refractivity contribution in [1.29, 1.82) is 0 Å². The van der Waals surface area contributed by atoms with E-state index in [-0.39, 0.29) is 42.0 Å². The van der Waals surface area contributed by atoms with E-state index in [0.717, 1.165) is 36.0 Å². The van der Waals surface area contributed by atoms with Crippen LogP contribution in [0, 0.1) is 18.8 Å². The maximum atomic E-state index is 12.7. The van der Waals surface area contributed by atoms with Crippen molar-refractivity contribution in [3.8, 4) is 0 Å². The summed E-state index contributed by atoms with van der Waals surface area (Å²) in [7, 11) is -3.82. The van der Waals surface area contributed by atoms with Crippen molar-refractivity contribution in [2.45, 2.75) is 56.1 Å². The highest BCUT2D eigenvalue weighted by Crippen LogP contribution is 2.45. The molecule has 2 bridgehead atoms. The van der Waals surface area contributed by atoms with Gasteiger partial charge in [-0.3, -0.25) is 8.98 Å². The Balaban J connectivity index is 1.47. The Bertz CT molecular complexity index is 1030. The number of fused-ring (bicyclic) bond motifs is 2. The topological polar surface area (TPSA) is 89.9 Å². The number of hydrogen-bond donors (Lipinski definition) is 1. The molecular formula is C24H28O6S. The summed E-state index contributed by atoms with van der Waals surface area (Å²) in [6.07, 6.45) is 3.29. The summed E-state index contributed by atoms with van der Waals surface area (Å²) in [6.45, 7) is 2.00. The first-order valence-electron chi connectivity index (χ1n) is 10.7. The third kappa shape index (κ3) is 5.00. The fourth-order valence-corrected chi connectivity index (χ4v) is 5.76. The van der Waals surface area contributed by atoms with Gasteiger partial charge in [0.05, 0.1) is 23.7 Å². The zero-order valence-electron chi connectivity index (χ0n) is 17.6. The van der Waals surface area contributed by atoms with Gasteiger partial charge in [-0.25, -0.2) is 0 Å². The van der Waals surface area contributed by atoms with E-state index in [9.17, 15) is 13.2 Å². The second kappa shape index (κ2) is 9.10. The number of aryl methyl sites for hydroxylation is 2. The molecule has 4 rings (SSSR count). The Morgan fingerprint density at radius 1 is 1.03 bits per heavy atom. The van der Waals surface area contributed by atoms with Crippen LogP contribution in [0.4, 0.5) is 0 Å². The fourth-order valence-electron chi connectivity index (χ4n) is 4.82. The minimum absolute atomic E-state index is 0.00787. The molecule has 2 fully saturated rings. The van der Waals surface area contributed by atoms with Gasteiger partial charge >= 0.3 is 5.97 Å². The Hall–Kier alpha value is -2.22. The van der Waals surface area contributed by atoms with E-state index in [2.05, 4.69) is 0 Å². The van der Waals surface area contributed by atoms with E-state index in [4.69, 9.17) is 14.0 Å². The number of ether oxygens (including phenoxy) is 1. The summed E-state index contributed by atoms with van der Waals surface area (Å²) in [4.78, 5) is 11.2. The molecule has 4 atom stereocenters. The molecule has 0 unspecified atom stereocenters. The van der Waals surface area contributed by atoms with E-state index < -0.39 is 16.1 Å². The maximum absolute atomic E-state index is 12.7. The molecule has 0 radical (unpaired) electrons. The lowest BCUT2D eigenvalue weighted by Crippen LogP contribution is -2.33.